The third-order valence-corrected chi connectivity index (χ3v) is 7.17. The number of benzene rings is 4. The van der Waals surface area contributed by atoms with Crippen molar-refractivity contribution in [3.63, 3.8) is 0 Å². The standard InChI is InChI=1S/C22H24B.C8H7NS/c1-3-19(2)23(20-13-7-4-8-14-20,21-15-9-5-10-16-21)22-17-11-6-12-18-22;9-5-7-1-3-8(6-10)4-2-7/h4-19H,3H2,1-2H3;1-4,10H,6H2/q-1;/p+1. The van der Waals surface area contributed by atoms with Gasteiger partial charge in [-0.2, -0.15) is 27.5 Å². The van der Waals surface area contributed by atoms with Gasteiger partial charge in [-0.25, -0.2) is 0 Å². The van der Waals surface area contributed by atoms with Crippen LogP contribution in [0.1, 0.15) is 31.4 Å². The lowest BCUT2D eigenvalue weighted by Crippen LogP contribution is -2.69. The number of rotatable bonds is 6. The van der Waals surface area contributed by atoms with Gasteiger partial charge >= 0.3 is 0 Å². The molecule has 1 unspecified atom stereocenters. The molecule has 0 fully saturated rings. The number of hydrogen-bond acceptors (Lipinski definition) is 1. The molecule has 0 bridgehead atoms. The molecule has 1 atom stereocenters. The van der Waals surface area contributed by atoms with Crippen molar-refractivity contribution in [1.29, 1.82) is 5.26 Å². The number of nitriles is 1. The maximum Gasteiger partial charge on any atom is 0.128 e. The van der Waals surface area contributed by atoms with E-state index in [4.69, 9.17) is 5.26 Å². The minimum Gasteiger partial charge on any atom is -0.200 e. The molecule has 0 amide bonds. The molecule has 4 aromatic rings. The Labute approximate surface area is 204 Å². The van der Waals surface area contributed by atoms with Gasteiger partial charge in [0.2, 0.25) is 0 Å². The summed E-state index contributed by atoms with van der Waals surface area (Å²) in [5.74, 6) is 1.40. The second-order valence-electron chi connectivity index (χ2n) is 8.54. The molecule has 0 radical (unpaired) electrons. The van der Waals surface area contributed by atoms with E-state index in [9.17, 15) is 0 Å². The average molecular weight is 449 g/mol. The van der Waals surface area contributed by atoms with Crippen molar-refractivity contribution in [1.82, 2.24) is 0 Å². The molecule has 0 N–H and O–H groups in total. The first kappa shape index (κ1) is 24.4. The summed E-state index contributed by atoms with van der Waals surface area (Å²) in [5.41, 5.74) is 6.19. The topological polar surface area (TPSA) is 23.8 Å². The summed E-state index contributed by atoms with van der Waals surface area (Å²) in [6.45, 7) is 4.70. The van der Waals surface area contributed by atoms with E-state index in [0.717, 1.165) is 12.2 Å². The van der Waals surface area contributed by atoms with Crippen molar-refractivity contribution < 1.29 is 0 Å². The van der Waals surface area contributed by atoms with Crippen LogP contribution in [0.2, 0.25) is 5.82 Å². The first-order valence-corrected chi connectivity index (χ1v) is 12.3. The third kappa shape index (κ3) is 5.59. The van der Waals surface area contributed by atoms with Crippen LogP contribution in [-0.2, 0) is 18.4 Å². The molecule has 0 aliphatic rings. The summed E-state index contributed by atoms with van der Waals surface area (Å²) >= 11 is 3.37. The Balaban J connectivity index is 0.000000257. The third-order valence-electron chi connectivity index (χ3n) is 6.76. The minimum atomic E-state index is -0.974. The molecule has 166 valence electrons. The van der Waals surface area contributed by atoms with Crippen molar-refractivity contribution in [2.75, 3.05) is 0 Å². The minimum absolute atomic E-state index is 0.558. The predicted molar refractivity (Wildman–Crippen MR) is 149 cm³/mol. The van der Waals surface area contributed by atoms with Gasteiger partial charge in [-0.15, -0.1) is 0 Å². The van der Waals surface area contributed by atoms with Gasteiger partial charge in [-0.1, -0.05) is 123 Å². The Bertz CT molecular complexity index is 1040. The zero-order valence-corrected chi connectivity index (χ0v) is 20.5. The molecule has 4 rings (SSSR count). The largest absolute Gasteiger partial charge is 0.200 e. The van der Waals surface area contributed by atoms with Crippen molar-refractivity contribution >= 4 is 35.2 Å². The highest BCUT2D eigenvalue weighted by atomic mass is 32.1. The molecule has 0 saturated heterocycles. The molecule has 0 aliphatic heterocycles. The maximum atomic E-state index is 8.44. The normalized spacial score (nSPS) is 11.6. The Morgan fingerprint density at radius 1 is 0.697 bits per heavy atom. The fourth-order valence-electron chi connectivity index (χ4n) is 4.88. The molecule has 0 aromatic heterocycles. The van der Waals surface area contributed by atoms with Gasteiger partial charge in [-0.05, 0) is 24.8 Å². The molecular formula is C30H32BNS. The second-order valence-corrected chi connectivity index (χ2v) is 8.89. The van der Waals surface area contributed by atoms with Crippen LogP contribution in [0.4, 0.5) is 0 Å². The lowest BCUT2D eigenvalue weighted by Gasteiger charge is -2.48. The molecule has 4 aromatic carbocycles. The van der Waals surface area contributed by atoms with Crippen molar-refractivity contribution in [2.24, 2.45) is 0 Å². The lowest BCUT2D eigenvalue weighted by molar-refractivity contribution is 0.857. The van der Waals surface area contributed by atoms with E-state index >= 15 is 0 Å². The molecular weight excluding hydrogens is 417 g/mol. The summed E-state index contributed by atoms with van der Waals surface area (Å²) in [6.07, 6.45) is 0.177. The summed E-state index contributed by atoms with van der Waals surface area (Å²) in [6, 6.07) is 42.7. The summed E-state index contributed by atoms with van der Waals surface area (Å²) in [4.78, 5) is 0. The predicted octanol–water partition coefficient (Wildman–Crippen LogP) is 5.03. The van der Waals surface area contributed by atoms with E-state index in [1.807, 2.05) is 24.3 Å². The first-order valence-electron chi connectivity index (χ1n) is 11.6. The SMILES string of the molecule is CCC(C)[B-](c1ccccc1)(c1ccccc1)c1ccccc1.N#Cc1ccc(C[SH2+])cc1. The molecule has 0 heterocycles. The van der Waals surface area contributed by atoms with Crippen LogP contribution in [-0.4, -0.2) is 6.15 Å². The zero-order chi connectivity index (χ0) is 23.5. The van der Waals surface area contributed by atoms with E-state index < -0.39 is 6.15 Å². The molecule has 0 aliphatic carbocycles. The van der Waals surface area contributed by atoms with Gasteiger partial charge in [0.05, 0.1) is 17.8 Å². The highest BCUT2D eigenvalue weighted by Crippen LogP contribution is 2.25. The van der Waals surface area contributed by atoms with Crippen LogP contribution >= 0.6 is 0 Å². The molecule has 1 nitrogen and oxygen atoms in total. The fourth-order valence-corrected chi connectivity index (χ4v) is 5.12. The Morgan fingerprint density at radius 2 is 1.09 bits per heavy atom. The van der Waals surface area contributed by atoms with Crippen LogP contribution in [0.25, 0.3) is 0 Å². The quantitative estimate of drug-likeness (QED) is 0.299. The Morgan fingerprint density at radius 3 is 1.39 bits per heavy atom. The highest BCUT2D eigenvalue weighted by Gasteiger charge is 2.33. The first-order chi connectivity index (χ1) is 16.2. The van der Waals surface area contributed by atoms with Crippen molar-refractivity contribution in [3.8, 4) is 6.07 Å². The van der Waals surface area contributed by atoms with Gasteiger partial charge in [-0.3, -0.25) is 0 Å². The number of hydrogen-bond donors (Lipinski definition) is 0. The van der Waals surface area contributed by atoms with Crippen molar-refractivity contribution in [3.05, 3.63) is 126 Å². The zero-order valence-electron chi connectivity index (χ0n) is 19.5. The smallest absolute Gasteiger partial charge is 0.128 e. The van der Waals surface area contributed by atoms with E-state index in [-0.39, 0.29) is 0 Å². The van der Waals surface area contributed by atoms with Crippen LogP contribution in [0.15, 0.2) is 115 Å². The van der Waals surface area contributed by atoms with Crippen LogP contribution < -0.4 is 16.4 Å². The summed E-state index contributed by atoms with van der Waals surface area (Å²) in [7, 11) is 0. The van der Waals surface area contributed by atoms with E-state index in [1.165, 1.54) is 22.0 Å². The van der Waals surface area contributed by atoms with E-state index in [2.05, 4.69) is 124 Å². The van der Waals surface area contributed by atoms with E-state index in [0.29, 0.717) is 11.4 Å². The van der Waals surface area contributed by atoms with Gasteiger partial charge in [0.1, 0.15) is 5.75 Å². The van der Waals surface area contributed by atoms with Crippen LogP contribution in [0.3, 0.4) is 0 Å². The van der Waals surface area contributed by atoms with Crippen LogP contribution in [0.5, 0.6) is 0 Å². The summed E-state index contributed by atoms with van der Waals surface area (Å²) < 4.78 is 0. The van der Waals surface area contributed by atoms with Gasteiger partial charge in [0.25, 0.3) is 0 Å². The number of nitrogens with zero attached hydrogens (tertiary/aromatic N) is 1. The molecule has 3 heteroatoms. The Kier molecular flexibility index (Phi) is 8.99. The van der Waals surface area contributed by atoms with Crippen molar-refractivity contribution in [2.45, 2.75) is 31.8 Å². The average Bonchev–Trinajstić information content (AvgIpc) is 2.91. The highest BCUT2D eigenvalue weighted by molar-refractivity contribution is 7.57. The maximum absolute atomic E-state index is 8.44. The molecule has 33 heavy (non-hydrogen) atoms. The molecule has 0 saturated carbocycles. The van der Waals surface area contributed by atoms with Gasteiger partial charge in [0, 0.05) is 5.56 Å². The monoisotopic (exact) mass is 449 g/mol. The van der Waals surface area contributed by atoms with Crippen LogP contribution in [0, 0.1) is 11.3 Å². The van der Waals surface area contributed by atoms with E-state index in [1.54, 1.807) is 0 Å². The fraction of sp³-hybridized carbons (Fsp3) is 0.167. The lowest BCUT2D eigenvalue weighted by atomic mass is 9.10. The Hall–Kier alpha value is -3.22. The second kappa shape index (κ2) is 12.1. The van der Waals surface area contributed by atoms with Gasteiger partial charge < -0.3 is 0 Å². The summed E-state index contributed by atoms with van der Waals surface area (Å²) in [5, 5.41) is 8.44. The molecule has 0 spiro atoms. The van der Waals surface area contributed by atoms with Gasteiger partial charge in [0.15, 0.2) is 0 Å².